The van der Waals surface area contributed by atoms with Gasteiger partial charge < -0.3 is 15.0 Å². The molecule has 0 amide bonds. The van der Waals surface area contributed by atoms with E-state index in [0.29, 0.717) is 25.0 Å². The molecule has 0 radical (unpaired) electrons. The molecule has 0 rings (SSSR count). The highest BCUT2D eigenvalue weighted by molar-refractivity contribution is 5.44. The van der Waals surface area contributed by atoms with Crippen LogP contribution in [0.4, 0.5) is 0 Å². The molecular weight excluding hydrogens is 168 g/mol. The summed E-state index contributed by atoms with van der Waals surface area (Å²) in [5.74, 6) is 0.880. The fraction of sp³-hybridized carbons (Fsp3) is 0.900. The average Bonchev–Trinajstić information content (AvgIpc) is 2.07. The largest absolute Gasteiger partial charge is 0.396 e. The number of hydrogen-bond donors (Lipinski definition) is 2. The summed E-state index contributed by atoms with van der Waals surface area (Å²) < 4.78 is 0. The minimum absolute atomic E-state index is 0.306. The number of carbonyl (C=O) groups excluding carboxylic acids is 1. The van der Waals surface area contributed by atoms with Crippen molar-refractivity contribution < 1.29 is 15.0 Å². The first kappa shape index (κ1) is 18.4. The van der Waals surface area contributed by atoms with Crippen LogP contribution in [0.1, 0.15) is 34.6 Å². The molecule has 3 heteroatoms. The summed E-state index contributed by atoms with van der Waals surface area (Å²) in [5.41, 5.74) is 0. The molecule has 3 nitrogen and oxygen atoms in total. The highest BCUT2D eigenvalue weighted by Crippen LogP contribution is 1.83. The second kappa shape index (κ2) is 17.6. The number of hydrogen-bond acceptors (Lipinski definition) is 3. The summed E-state index contributed by atoms with van der Waals surface area (Å²) in [4.78, 5) is 8.81. The lowest BCUT2D eigenvalue weighted by Gasteiger charge is -1.90. The molecule has 0 saturated carbocycles. The van der Waals surface area contributed by atoms with E-state index in [9.17, 15) is 0 Å². The van der Waals surface area contributed by atoms with Gasteiger partial charge in [-0.25, -0.2) is 0 Å². The first-order valence-electron chi connectivity index (χ1n) is 4.57. The second-order valence-corrected chi connectivity index (χ2v) is 3.39. The summed E-state index contributed by atoms with van der Waals surface area (Å²) in [6, 6.07) is 0. The summed E-state index contributed by atoms with van der Waals surface area (Å²) in [7, 11) is 0. The van der Waals surface area contributed by atoms with Crippen LogP contribution in [-0.2, 0) is 4.79 Å². The molecule has 0 aliphatic rings. The zero-order chi connectivity index (χ0) is 11.3. The fourth-order valence-electron chi connectivity index (χ4n) is 0. The molecule has 0 atom stereocenters. The van der Waals surface area contributed by atoms with Crippen molar-refractivity contribution in [2.45, 2.75) is 34.6 Å². The molecule has 0 saturated heterocycles. The van der Waals surface area contributed by atoms with Gasteiger partial charge in [-0.15, -0.1) is 0 Å². The minimum atomic E-state index is 0.306. The maximum absolute atomic E-state index is 8.81. The van der Waals surface area contributed by atoms with Gasteiger partial charge in [0.2, 0.25) is 0 Å². The van der Waals surface area contributed by atoms with Crippen LogP contribution < -0.4 is 0 Å². The average molecular weight is 192 g/mol. The monoisotopic (exact) mass is 192 g/mol. The summed E-state index contributed by atoms with van der Waals surface area (Å²) in [5, 5.41) is 16.3. The summed E-state index contributed by atoms with van der Waals surface area (Å²) in [6.07, 6.45) is 0.750. The zero-order valence-electron chi connectivity index (χ0n) is 9.45. The van der Waals surface area contributed by atoms with E-state index < -0.39 is 0 Å². The van der Waals surface area contributed by atoms with Crippen LogP contribution in [0, 0.1) is 11.8 Å². The topological polar surface area (TPSA) is 57.5 Å². The Morgan fingerprint density at radius 3 is 1.08 bits per heavy atom. The SMILES string of the molecule is CC(C)CO.CC(C)CO.CC=O. The molecule has 0 aromatic heterocycles. The van der Waals surface area contributed by atoms with Gasteiger partial charge in [-0.2, -0.15) is 0 Å². The molecule has 2 N–H and O–H groups in total. The Labute approximate surface area is 81.8 Å². The van der Waals surface area contributed by atoms with Gasteiger partial charge in [0.15, 0.2) is 0 Å². The Balaban J connectivity index is -0.000000120. The molecule has 0 unspecified atom stereocenters. The van der Waals surface area contributed by atoms with E-state index >= 15 is 0 Å². The highest BCUT2D eigenvalue weighted by atomic mass is 16.3. The molecule has 0 aromatic carbocycles. The minimum Gasteiger partial charge on any atom is -0.396 e. The standard InChI is InChI=1S/2C4H10O.C2H4O/c2*1-4(2)3-5;1-2-3/h2*4-5H,3H2,1-2H3;2H,1H3. The lowest BCUT2D eigenvalue weighted by atomic mass is 10.2. The summed E-state index contributed by atoms with van der Waals surface area (Å²) in [6.45, 7) is 9.94. The van der Waals surface area contributed by atoms with E-state index in [1.54, 1.807) is 0 Å². The van der Waals surface area contributed by atoms with Gasteiger partial charge in [0.25, 0.3) is 0 Å². The molecule has 0 aliphatic carbocycles. The zero-order valence-corrected chi connectivity index (χ0v) is 9.45. The van der Waals surface area contributed by atoms with Crippen molar-refractivity contribution >= 4 is 6.29 Å². The smallest absolute Gasteiger partial charge is 0.116 e. The third-order valence-corrected chi connectivity index (χ3v) is 0.730. The Morgan fingerprint density at radius 2 is 1.08 bits per heavy atom. The number of aliphatic hydroxyl groups is 2. The molecular formula is C10H24O3. The predicted molar refractivity (Wildman–Crippen MR) is 55.6 cm³/mol. The molecule has 82 valence electrons. The number of carbonyl (C=O) groups is 1. The third kappa shape index (κ3) is 82.7. The Morgan fingerprint density at radius 1 is 1.00 bits per heavy atom. The maximum Gasteiger partial charge on any atom is 0.116 e. The van der Waals surface area contributed by atoms with Gasteiger partial charge in [0.05, 0.1) is 0 Å². The molecule has 0 aromatic rings. The van der Waals surface area contributed by atoms with Crippen LogP contribution in [0.5, 0.6) is 0 Å². The molecule has 0 aliphatic heterocycles. The Kier molecular flexibility index (Phi) is 24.9. The highest BCUT2D eigenvalue weighted by Gasteiger charge is 1.82. The molecule has 13 heavy (non-hydrogen) atoms. The van der Waals surface area contributed by atoms with Crippen LogP contribution in [0.25, 0.3) is 0 Å². The van der Waals surface area contributed by atoms with E-state index in [1.165, 1.54) is 6.92 Å². The van der Waals surface area contributed by atoms with E-state index in [0.717, 1.165) is 6.29 Å². The van der Waals surface area contributed by atoms with Gasteiger partial charge in [-0.1, -0.05) is 27.7 Å². The lowest BCUT2D eigenvalue weighted by Crippen LogP contribution is -1.90. The fourth-order valence-corrected chi connectivity index (χ4v) is 0. The van der Waals surface area contributed by atoms with Gasteiger partial charge >= 0.3 is 0 Å². The van der Waals surface area contributed by atoms with Crippen molar-refractivity contribution in [2.75, 3.05) is 13.2 Å². The van der Waals surface area contributed by atoms with Crippen molar-refractivity contribution in [3.63, 3.8) is 0 Å². The van der Waals surface area contributed by atoms with Gasteiger partial charge in [0.1, 0.15) is 6.29 Å². The predicted octanol–water partition coefficient (Wildman–Crippen LogP) is 1.47. The first-order chi connectivity index (χ1) is 5.95. The van der Waals surface area contributed by atoms with E-state index in [-0.39, 0.29) is 0 Å². The number of aliphatic hydroxyl groups excluding tert-OH is 2. The van der Waals surface area contributed by atoms with Crippen LogP contribution in [0.15, 0.2) is 0 Å². The quantitative estimate of drug-likeness (QED) is 0.651. The van der Waals surface area contributed by atoms with Crippen LogP contribution >= 0.6 is 0 Å². The van der Waals surface area contributed by atoms with Gasteiger partial charge in [0, 0.05) is 13.2 Å². The van der Waals surface area contributed by atoms with Crippen molar-refractivity contribution in [1.82, 2.24) is 0 Å². The Bertz CT molecular complexity index is 72.2. The maximum atomic E-state index is 8.81. The lowest BCUT2D eigenvalue weighted by molar-refractivity contribution is -0.106. The van der Waals surface area contributed by atoms with Gasteiger partial charge in [-0.3, -0.25) is 0 Å². The van der Waals surface area contributed by atoms with Crippen molar-refractivity contribution in [3.05, 3.63) is 0 Å². The van der Waals surface area contributed by atoms with Crippen LogP contribution in [0.2, 0.25) is 0 Å². The number of aldehydes is 1. The first-order valence-corrected chi connectivity index (χ1v) is 4.57. The molecule has 0 spiro atoms. The molecule has 0 heterocycles. The summed E-state index contributed by atoms with van der Waals surface area (Å²) >= 11 is 0. The number of rotatable bonds is 2. The van der Waals surface area contributed by atoms with Crippen LogP contribution in [-0.4, -0.2) is 29.7 Å². The van der Waals surface area contributed by atoms with Crippen molar-refractivity contribution in [1.29, 1.82) is 0 Å². The molecule has 0 fully saturated rings. The third-order valence-electron chi connectivity index (χ3n) is 0.730. The van der Waals surface area contributed by atoms with Gasteiger partial charge in [-0.05, 0) is 18.8 Å². The van der Waals surface area contributed by atoms with Crippen LogP contribution in [0.3, 0.4) is 0 Å². The van der Waals surface area contributed by atoms with Crippen molar-refractivity contribution in [3.8, 4) is 0 Å². The normalized spacial score (nSPS) is 8.38. The van der Waals surface area contributed by atoms with E-state index in [1.807, 2.05) is 27.7 Å². The van der Waals surface area contributed by atoms with E-state index in [4.69, 9.17) is 15.0 Å². The molecule has 0 bridgehead atoms. The van der Waals surface area contributed by atoms with E-state index in [2.05, 4.69) is 0 Å². The second-order valence-electron chi connectivity index (χ2n) is 3.39. The Hall–Kier alpha value is -0.410. The van der Waals surface area contributed by atoms with Crippen molar-refractivity contribution in [2.24, 2.45) is 11.8 Å².